The van der Waals surface area contributed by atoms with E-state index < -0.39 is 5.97 Å². The number of ketones is 1. The second-order valence-electron chi connectivity index (χ2n) is 5.67. The molecule has 0 radical (unpaired) electrons. The molecule has 19 heavy (non-hydrogen) atoms. The Morgan fingerprint density at radius 1 is 1.16 bits per heavy atom. The number of carbonyl (C=O) groups excluding carboxylic acids is 1. The van der Waals surface area contributed by atoms with E-state index in [-0.39, 0.29) is 18.2 Å². The monoisotopic (exact) mass is 269 g/mol. The number of hydrogen-bond acceptors (Lipinski definition) is 3. The van der Waals surface area contributed by atoms with Crippen LogP contribution in [0.4, 0.5) is 0 Å². The van der Waals surface area contributed by atoms with Gasteiger partial charge in [0, 0.05) is 12.6 Å². The zero-order valence-electron chi connectivity index (χ0n) is 12.2. The van der Waals surface area contributed by atoms with Gasteiger partial charge in [-0.05, 0) is 26.7 Å². The van der Waals surface area contributed by atoms with Gasteiger partial charge in [0.1, 0.15) is 5.78 Å². The van der Waals surface area contributed by atoms with Gasteiger partial charge in [-0.1, -0.05) is 32.1 Å². The highest BCUT2D eigenvalue weighted by Gasteiger charge is 2.26. The van der Waals surface area contributed by atoms with Crippen molar-refractivity contribution in [1.82, 2.24) is 4.90 Å². The molecule has 1 rings (SSSR count). The van der Waals surface area contributed by atoms with E-state index >= 15 is 0 Å². The Balaban J connectivity index is 2.68. The van der Waals surface area contributed by atoms with Crippen LogP contribution >= 0.6 is 0 Å². The summed E-state index contributed by atoms with van der Waals surface area (Å²) in [6.45, 7) is 3.99. The van der Waals surface area contributed by atoms with Gasteiger partial charge in [-0.3, -0.25) is 14.5 Å². The van der Waals surface area contributed by atoms with Gasteiger partial charge < -0.3 is 5.11 Å². The predicted octanol–water partition coefficient (Wildman–Crippen LogP) is 2.85. The third-order valence-electron chi connectivity index (χ3n) is 4.21. The third-order valence-corrected chi connectivity index (χ3v) is 4.21. The lowest BCUT2D eigenvalue weighted by molar-refractivity contribution is -0.138. The van der Waals surface area contributed by atoms with E-state index in [0.29, 0.717) is 12.6 Å². The summed E-state index contributed by atoms with van der Waals surface area (Å²) in [6.07, 6.45) is 8.53. The number of Topliss-reactive ketones (excluding diaryl/α,β-unsaturated/α-hetero) is 1. The molecule has 0 heterocycles. The minimum Gasteiger partial charge on any atom is -0.481 e. The number of carboxylic acid groups (broad SMARTS) is 1. The van der Waals surface area contributed by atoms with Crippen molar-refractivity contribution in [3.8, 4) is 0 Å². The van der Waals surface area contributed by atoms with Gasteiger partial charge >= 0.3 is 5.97 Å². The second kappa shape index (κ2) is 8.31. The highest BCUT2D eigenvalue weighted by Crippen LogP contribution is 2.23. The highest BCUT2D eigenvalue weighted by molar-refractivity contribution is 5.81. The van der Waals surface area contributed by atoms with Crippen molar-refractivity contribution in [1.29, 1.82) is 0 Å². The molecule has 0 saturated heterocycles. The fraction of sp³-hybridized carbons (Fsp3) is 0.867. The van der Waals surface area contributed by atoms with Gasteiger partial charge in [0.2, 0.25) is 0 Å². The summed E-state index contributed by atoms with van der Waals surface area (Å²) in [6, 6.07) is 0.210. The van der Waals surface area contributed by atoms with Crippen LogP contribution in [-0.2, 0) is 9.59 Å². The van der Waals surface area contributed by atoms with Crippen LogP contribution in [0.1, 0.15) is 65.2 Å². The van der Waals surface area contributed by atoms with E-state index in [0.717, 1.165) is 12.8 Å². The van der Waals surface area contributed by atoms with Crippen molar-refractivity contribution >= 4 is 11.8 Å². The van der Waals surface area contributed by atoms with Gasteiger partial charge in [-0.2, -0.15) is 0 Å². The molecule has 1 saturated carbocycles. The molecule has 0 spiro atoms. The molecule has 1 unspecified atom stereocenters. The quantitative estimate of drug-likeness (QED) is 0.805. The fourth-order valence-electron chi connectivity index (χ4n) is 2.92. The van der Waals surface area contributed by atoms with E-state index in [9.17, 15) is 9.59 Å². The molecule has 4 heteroatoms. The van der Waals surface area contributed by atoms with E-state index in [1.807, 2.05) is 6.92 Å². The van der Waals surface area contributed by atoms with E-state index in [4.69, 9.17) is 5.11 Å². The van der Waals surface area contributed by atoms with Crippen molar-refractivity contribution in [2.45, 2.75) is 77.3 Å². The lowest BCUT2D eigenvalue weighted by atomic mass is 9.94. The van der Waals surface area contributed by atoms with Gasteiger partial charge in [0.15, 0.2) is 0 Å². The molecule has 1 aliphatic carbocycles. The zero-order chi connectivity index (χ0) is 14.3. The first kappa shape index (κ1) is 16.2. The summed E-state index contributed by atoms with van der Waals surface area (Å²) < 4.78 is 0. The van der Waals surface area contributed by atoms with E-state index in [1.54, 1.807) is 6.92 Å². The van der Waals surface area contributed by atoms with Gasteiger partial charge in [-0.15, -0.1) is 0 Å². The molecule has 0 aromatic heterocycles. The summed E-state index contributed by atoms with van der Waals surface area (Å²) in [4.78, 5) is 24.6. The standard InChI is InChI=1S/C15H27NO3/c1-12(13(2)17)16(11-10-15(18)19)14-8-6-4-3-5-7-9-14/h12,14H,3-11H2,1-2H3,(H,18,19). The van der Waals surface area contributed by atoms with E-state index in [2.05, 4.69) is 4.90 Å². The summed E-state index contributed by atoms with van der Waals surface area (Å²) in [7, 11) is 0. The first-order valence-electron chi connectivity index (χ1n) is 7.50. The number of nitrogens with zero attached hydrogens (tertiary/aromatic N) is 1. The SMILES string of the molecule is CC(=O)C(C)N(CCC(=O)O)C1CCCCCCC1. The van der Waals surface area contributed by atoms with Gasteiger partial charge in [-0.25, -0.2) is 0 Å². The molecule has 1 aliphatic rings. The number of carboxylic acids is 1. The Kier molecular flexibility index (Phi) is 7.06. The minimum atomic E-state index is -0.786. The van der Waals surface area contributed by atoms with Crippen LogP contribution in [0.25, 0.3) is 0 Å². The number of aliphatic carboxylic acids is 1. The molecule has 0 aromatic rings. The normalized spacial score (nSPS) is 19.7. The van der Waals surface area contributed by atoms with Gasteiger partial charge in [0.05, 0.1) is 12.5 Å². The topological polar surface area (TPSA) is 57.6 Å². The molecule has 1 N–H and O–H groups in total. The van der Waals surface area contributed by atoms with Crippen molar-refractivity contribution in [3.05, 3.63) is 0 Å². The van der Waals surface area contributed by atoms with Crippen LogP contribution < -0.4 is 0 Å². The largest absolute Gasteiger partial charge is 0.481 e. The first-order valence-corrected chi connectivity index (χ1v) is 7.50. The highest BCUT2D eigenvalue weighted by atomic mass is 16.4. The molecular formula is C15H27NO3. The van der Waals surface area contributed by atoms with Crippen LogP contribution in [0, 0.1) is 0 Å². The number of hydrogen-bond donors (Lipinski definition) is 1. The molecule has 110 valence electrons. The third kappa shape index (κ3) is 5.72. The lowest BCUT2D eigenvalue weighted by Crippen LogP contribution is -2.46. The van der Waals surface area contributed by atoms with Crippen LogP contribution in [0.5, 0.6) is 0 Å². The average Bonchev–Trinajstić information content (AvgIpc) is 2.30. The minimum absolute atomic E-state index is 0.119. The summed E-state index contributed by atoms with van der Waals surface area (Å²) in [5.74, 6) is -0.654. The smallest absolute Gasteiger partial charge is 0.304 e. The molecule has 1 fully saturated rings. The van der Waals surface area contributed by atoms with Crippen molar-refractivity contribution in [3.63, 3.8) is 0 Å². The van der Waals surface area contributed by atoms with Crippen molar-refractivity contribution in [2.24, 2.45) is 0 Å². The molecule has 4 nitrogen and oxygen atoms in total. The maximum absolute atomic E-state index is 11.6. The van der Waals surface area contributed by atoms with Crippen LogP contribution in [0.2, 0.25) is 0 Å². The number of rotatable bonds is 6. The van der Waals surface area contributed by atoms with Crippen molar-refractivity contribution in [2.75, 3.05) is 6.54 Å². The summed E-state index contributed by atoms with van der Waals surface area (Å²) in [5.41, 5.74) is 0. The lowest BCUT2D eigenvalue weighted by Gasteiger charge is -2.36. The molecule has 0 aromatic carbocycles. The molecule has 0 amide bonds. The molecule has 0 aliphatic heterocycles. The van der Waals surface area contributed by atoms with Crippen LogP contribution in [0.3, 0.4) is 0 Å². The summed E-state index contributed by atoms with van der Waals surface area (Å²) in [5, 5.41) is 8.87. The average molecular weight is 269 g/mol. The van der Waals surface area contributed by atoms with Crippen LogP contribution in [0.15, 0.2) is 0 Å². The molecular weight excluding hydrogens is 242 g/mol. The maximum Gasteiger partial charge on any atom is 0.304 e. The second-order valence-corrected chi connectivity index (χ2v) is 5.67. The fourth-order valence-corrected chi connectivity index (χ4v) is 2.92. The first-order chi connectivity index (χ1) is 9.02. The molecule has 1 atom stereocenters. The van der Waals surface area contributed by atoms with Crippen LogP contribution in [-0.4, -0.2) is 40.4 Å². The Hall–Kier alpha value is -0.900. The Labute approximate surface area is 116 Å². The van der Waals surface area contributed by atoms with Crippen molar-refractivity contribution < 1.29 is 14.7 Å². The Bertz CT molecular complexity index is 296. The Morgan fingerprint density at radius 3 is 2.16 bits per heavy atom. The maximum atomic E-state index is 11.6. The van der Waals surface area contributed by atoms with Gasteiger partial charge in [0.25, 0.3) is 0 Å². The summed E-state index contributed by atoms with van der Waals surface area (Å²) >= 11 is 0. The predicted molar refractivity (Wildman–Crippen MR) is 75.2 cm³/mol. The number of carbonyl (C=O) groups is 2. The van der Waals surface area contributed by atoms with E-state index in [1.165, 1.54) is 32.1 Å². The zero-order valence-corrected chi connectivity index (χ0v) is 12.2. The Morgan fingerprint density at radius 2 is 1.68 bits per heavy atom. The molecule has 0 bridgehead atoms.